The number of hydrogen-bond donors (Lipinski definition) is 1. The Hall–Kier alpha value is -0.830. The molecule has 0 radical (unpaired) electrons. The molecule has 0 aromatic heterocycles. The van der Waals surface area contributed by atoms with Gasteiger partial charge in [0, 0.05) is 6.61 Å². The van der Waals surface area contributed by atoms with Crippen molar-refractivity contribution in [2.24, 2.45) is 11.3 Å². The fourth-order valence-electron chi connectivity index (χ4n) is 1.16. The molecule has 3 heteroatoms. The number of hydrogen-bond acceptors (Lipinski definition) is 3. The van der Waals surface area contributed by atoms with E-state index in [1.807, 2.05) is 34.6 Å². The summed E-state index contributed by atoms with van der Waals surface area (Å²) in [7, 11) is 0. The summed E-state index contributed by atoms with van der Waals surface area (Å²) in [6.45, 7) is 10.1. The smallest absolute Gasteiger partial charge is 0.311 e. The van der Waals surface area contributed by atoms with Gasteiger partial charge < -0.3 is 9.84 Å². The van der Waals surface area contributed by atoms with Crippen molar-refractivity contribution in [1.82, 2.24) is 0 Å². The fourth-order valence-corrected chi connectivity index (χ4v) is 1.16. The van der Waals surface area contributed by atoms with E-state index in [1.165, 1.54) is 0 Å². The highest BCUT2D eigenvalue weighted by Gasteiger charge is 2.22. The summed E-state index contributed by atoms with van der Waals surface area (Å²) in [5.74, 6) is 0.158. The molecule has 0 heterocycles. The number of aliphatic hydroxyl groups excluding tert-OH is 1. The van der Waals surface area contributed by atoms with E-state index in [-0.39, 0.29) is 12.6 Å². The molecule has 0 saturated heterocycles. The first-order valence-electron chi connectivity index (χ1n) is 6.21. The van der Waals surface area contributed by atoms with Crippen molar-refractivity contribution in [2.45, 2.75) is 47.5 Å². The summed E-state index contributed by atoms with van der Waals surface area (Å²) in [6, 6.07) is 0. The highest BCUT2D eigenvalue weighted by atomic mass is 16.5. The first-order chi connectivity index (χ1) is 7.77. The third-order valence-corrected chi connectivity index (χ3v) is 2.51. The van der Waals surface area contributed by atoms with Crippen LogP contribution in [0.3, 0.4) is 0 Å². The van der Waals surface area contributed by atoms with Gasteiger partial charge in [-0.1, -0.05) is 13.0 Å². The Bertz CT molecular complexity index is 261. The van der Waals surface area contributed by atoms with Crippen LogP contribution >= 0.6 is 0 Å². The van der Waals surface area contributed by atoms with Gasteiger partial charge in [0.25, 0.3) is 0 Å². The molecule has 0 unspecified atom stereocenters. The number of rotatable bonds is 6. The minimum Gasteiger partial charge on any atom is -0.461 e. The Labute approximate surface area is 105 Å². The molecule has 1 N–H and O–H groups in total. The third-order valence-electron chi connectivity index (χ3n) is 2.51. The van der Waals surface area contributed by atoms with E-state index in [2.05, 4.69) is 6.08 Å². The van der Waals surface area contributed by atoms with Crippen LogP contribution in [0.2, 0.25) is 0 Å². The number of esters is 1. The van der Waals surface area contributed by atoms with Crippen molar-refractivity contribution >= 4 is 5.97 Å². The highest BCUT2D eigenvalue weighted by Crippen LogP contribution is 2.16. The Balaban J connectivity index is 3.90. The van der Waals surface area contributed by atoms with Gasteiger partial charge in [0.1, 0.15) is 6.61 Å². The molecular weight excluding hydrogens is 216 g/mol. The zero-order chi connectivity index (χ0) is 13.5. The van der Waals surface area contributed by atoms with Crippen molar-refractivity contribution < 1.29 is 14.6 Å². The molecule has 100 valence electrons. The molecule has 0 saturated carbocycles. The molecule has 17 heavy (non-hydrogen) atoms. The van der Waals surface area contributed by atoms with Gasteiger partial charge in [-0.2, -0.15) is 0 Å². The summed E-state index contributed by atoms with van der Waals surface area (Å²) in [4.78, 5) is 11.5. The van der Waals surface area contributed by atoms with Crippen LogP contribution in [0.1, 0.15) is 47.5 Å². The Morgan fingerprint density at radius 3 is 2.47 bits per heavy atom. The maximum absolute atomic E-state index is 11.5. The van der Waals surface area contributed by atoms with Crippen molar-refractivity contribution in [1.29, 1.82) is 0 Å². The van der Waals surface area contributed by atoms with Gasteiger partial charge in [0.2, 0.25) is 0 Å². The van der Waals surface area contributed by atoms with Crippen molar-refractivity contribution in [2.75, 3.05) is 13.2 Å². The predicted octanol–water partition coefficient (Wildman–Crippen LogP) is 2.93. The van der Waals surface area contributed by atoms with E-state index in [0.29, 0.717) is 12.5 Å². The minimum atomic E-state index is -0.439. The van der Waals surface area contributed by atoms with Crippen LogP contribution in [0.5, 0.6) is 0 Å². The van der Waals surface area contributed by atoms with Gasteiger partial charge in [-0.15, -0.1) is 0 Å². The topological polar surface area (TPSA) is 46.5 Å². The lowest BCUT2D eigenvalue weighted by Crippen LogP contribution is -2.23. The lowest BCUT2D eigenvalue weighted by atomic mass is 9.97. The molecule has 0 aromatic carbocycles. The maximum Gasteiger partial charge on any atom is 0.311 e. The SMILES string of the molecule is CC(=CCC[C@H](C)CO)COC(=O)C(C)(C)C. The van der Waals surface area contributed by atoms with E-state index in [1.54, 1.807) is 0 Å². The molecule has 0 aliphatic heterocycles. The van der Waals surface area contributed by atoms with Crippen molar-refractivity contribution in [3.8, 4) is 0 Å². The number of carbonyl (C=O) groups excluding carboxylic acids is 1. The van der Waals surface area contributed by atoms with E-state index in [0.717, 1.165) is 18.4 Å². The van der Waals surface area contributed by atoms with Gasteiger partial charge in [-0.3, -0.25) is 4.79 Å². The van der Waals surface area contributed by atoms with Gasteiger partial charge in [0.05, 0.1) is 5.41 Å². The van der Waals surface area contributed by atoms with Crippen molar-refractivity contribution in [3.63, 3.8) is 0 Å². The molecule has 3 nitrogen and oxygen atoms in total. The molecule has 0 rings (SSSR count). The maximum atomic E-state index is 11.5. The monoisotopic (exact) mass is 242 g/mol. The molecule has 0 aliphatic carbocycles. The van der Waals surface area contributed by atoms with Crippen LogP contribution in [0.25, 0.3) is 0 Å². The molecule has 0 spiro atoms. The first-order valence-corrected chi connectivity index (χ1v) is 6.21. The average molecular weight is 242 g/mol. The Morgan fingerprint density at radius 1 is 1.41 bits per heavy atom. The molecule has 0 bridgehead atoms. The average Bonchev–Trinajstić information content (AvgIpc) is 2.24. The zero-order valence-electron chi connectivity index (χ0n) is 11.7. The predicted molar refractivity (Wildman–Crippen MR) is 69.7 cm³/mol. The molecule has 0 aromatic rings. The summed E-state index contributed by atoms with van der Waals surface area (Å²) in [5, 5.41) is 8.88. The van der Waals surface area contributed by atoms with E-state index in [4.69, 9.17) is 9.84 Å². The lowest BCUT2D eigenvalue weighted by Gasteiger charge is -2.16. The Morgan fingerprint density at radius 2 is 2.00 bits per heavy atom. The second kappa shape index (κ2) is 7.49. The molecule has 1 atom stereocenters. The lowest BCUT2D eigenvalue weighted by molar-refractivity contribution is -0.151. The van der Waals surface area contributed by atoms with Crippen LogP contribution < -0.4 is 0 Å². The quantitative estimate of drug-likeness (QED) is 0.575. The molecule has 0 fully saturated rings. The normalized spacial score (nSPS) is 14.6. The van der Waals surface area contributed by atoms with E-state index >= 15 is 0 Å². The van der Waals surface area contributed by atoms with E-state index < -0.39 is 5.41 Å². The number of aliphatic hydroxyl groups is 1. The highest BCUT2D eigenvalue weighted by molar-refractivity contribution is 5.75. The van der Waals surface area contributed by atoms with Crippen LogP contribution in [0, 0.1) is 11.3 Å². The van der Waals surface area contributed by atoms with Crippen LogP contribution in [-0.4, -0.2) is 24.3 Å². The van der Waals surface area contributed by atoms with Gasteiger partial charge in [-0.05, 0) is 52.0 Å². The van der Waals surface area contributed by atoms with Crippen LogP contribution in [0.4, 0.5) is 0 Å². The number of carbonyl (C=O) groups is 1. The van der Waals surface area contributed by atoms with Crippen molar-refractivity contribution in [3.05, 3.63) is 11.6 Å². The second-order valence-corrected chi connectivity index (χ2v) is 5.74. The summed E-state index contributed by atoms with van der Waals surface area (Å²) in [6.07, 6.45) is 3.95. The van der Waals surface area contributed by atoms with Gasteiger partial charge >= 0.3 is 5.97 Å². The van der Waals surface area contributed by atoms with Crippen LogP contribution in [0.15, 0.2) is 11.6 Å². The first kappa shape index (κ1) is 16.2. The molecular formula is C14H26O3. The van der Waals surface area contributed by atoms with Gasteiger partial charge in [-0.25, -0.2) is 0 Å². The largest absolute Gasteiger partial charge is 0.461 e. The van der Waals surface area contributed by atoms with E-state index in [9.17, 15) is 4.79 Å². The summed E-state index contributed by atoms with van der Waals surface area (Å²) >= 11 is 0. The fraction of sp³-hybridized carbons (Fsp3) is 0.786. The minimum absolute atomic E-state index is 0.172. The number of allylic oxidation sites excluding steroid dienone is 1. The second-order valence-electron chi connectivity index (χ2n) is 5.74. The summed E-state index contributed by atoms with van der Waals surface area (Å²) in [5.41, 5.74) is 0.624. The van der Waals surface area contributed by atoms with Crippen LogP contribution in [-0.2, 0) is 9.53 Å². The molecule has 0 aliphatic rings. The van der Waals surface area contributed by atoms with Gasteiger partial charge in [0.15, 0.2) is 0 Å². The zero-order valence-corrected chi connectivity index (χ0v) is 11.7. The number of ether oxygens (including phenoxy) is 1. The third kappa shape index (κ3) is 7.97. The Kier molecular flexibility index (Phi) is 7.12. The standard InChI is InChI=1S/C14H26O3/c1-11(9-15)7-6-8-12(2)10-17-13(16)14(3,4)5/h8,11,15H,6-7,9-10H2,1-5H3/t11-/m0/s1. The summed E-state index contributed by atoms with van der Waals surface area (Å²) < 4.78 is 5.20. The molecule has 0 amide bonds.